The Morgan fingerprint density at radius 2 is 2.11 bits per heavy atom. The average molecular weight is 252 g/mol. The van der Waals surface area contributed by atoms with Crippen LogP contribution >= 0.6 is 0 Å². The quantitative estimate of drug-likeness (QED) is 0.438. The van der Waals surface area contributed by atoms with E-state index in [-0.39, 0.29) is 10.6 Å². The number of nitrogens with one attached hydrogen (secondary N) is 1. The number of aryl methyl sites for hydroxylation is 1. The number of nitro benzene ring substituents is 1. The number of benzene rings is 1. The second-order valence-corrected chi connectivity index (χ2v) is 4.21. The summed E-state index contributed by atoms with van der Waals surface area (Å²) in [6, 6.07) is 5.02. The molecule has 0 aliphatic heterocycles. The minimum atomic E-state index is -0.372. The molecular formula is C13H20N2O3. The van der Waals surface area contributed by atoms with Crippen LogP contribution in [0, 0.1) is 17.0 Å². The molecular weight excluding hydrogens is 232 g/mol. The molecule has 0 aromatic heterocycles. The minimum absolute atomic E-state index is 0.125. The highest BCUT2D eigenvalue weighted by Crippen LogP contribution is 2.20. The van der Waals surface area contributed by atoms with Crippen LogP contribution in [0.3, 0.4) is 0 Å². The van der Waals surface area contributed by atoms with Gasteiger partial charge >= 0.3 is 0 Å². The third kappa shape index (κ3) is 5.14. The van der Waals surface area contributed by atoms with Crippen molar-refractivity contribution in [3.8, 4) is 0 Å². The van der Waals surface area contributed by atoms with Crippen molar-refractivity contribution in [1.29, 1.82) is 0 Å². The third-order valence-electron chi connectivity index (χ3n) is 2.42. The van der Waals surface area contributed by atoms with Crippen molar-refractivity contribution in [2.45, 2.75) is 26.7 Å². The Labute approximate surface area is 107 Å². The van der Waals surface area contributed by atoms with Gasteiger partial charge in [-0.1, -0.05) is 6.92 Å². The summed E-state index contributed by atoms with van der Waals surface area (Å²) in [7, 11) is 0. The van der Waals surface area contributed by atoms with Crippen LogP contribution in [0.5, 0.6) is 0 Å². The molecule has 1 N–H and O–H groups in total. The van der Waals surface area contributed by atoms with Crippen LogP contribution in [0.2, 0.25) is 0 Å². The molecule has 1 aromatic rings. The van der Waals surface area contributed by atoms with Crippen LogP contribution in [-0.4, -0.2) is 24.7 Å². The van der Waals surface area contributed by atoms with Crippen molar-refractivity contribution in [3.63, 3.8) is 0 Å². The lowest BCUT2D eigenvalue weighted by atomic mass is 10.2. The van der Waals surface area contributed by atoms with Crippen molar-refractivity contribution in [1.82, 2.24) is 0 Å². The Morgan fingerprint density at radius 3 is 2.78 bits per heavy atom. The van der Waals surface area contributed by atoms with E-state index < -0.39 is 0 Å². The largest absolute Gasteiger partial charge is 0.385 e. The summed E-state index contributed by atoms with van der Waals surface area (Å²) in [5.41, 5.74) is 1.80. The SMILES string of the molecule is CCCOCCCNc1cc(C)cc([N+](=O)[O-])c1. The van der Waals surface area contributed by atoms with Crippen LogP contribution in [-0.2, 0) is 4.74 Å². The first-order chi connectivity index (χ1) is 8.63. The van der Waals surface area contributed by atoms with E-state index in [0.717, 1.165) is 43.9 Å². The van der Waals surface area contributed by atoms with Gasteiger partial charge in [0.15, 0.2) is 0 Å². The van der Waals surface area contributed by atoms with Crippen LogP contribution in [0.25, 0.3) is 0 Å². The summed E-state index contributed by atoms with van der Waals surface area (Å²) in [4.78, 5) is 10.3. The Morgan fingerprint density at radius 1 is 1.33 bits per heavy atom. The lowest BCUT2D eigenvalue weighted by Crippen LogP contribution is -2.06. The van der Waals surface area contributed by atoms with Crippen molar-refractivity contribution in [2.75, 3.05) is 25.1 Å². The van der Waals surface area contributed by atoms with Gasteiger partial charge in [-0.25, -0.2) is 0 Å². The number of nitro groups is 1. The molecule has 1 aromatic carbocycles. The van der Waals surface area contributed by atoms with E-state index in [9.17, 15) is 10.1 Å². The van der Waals surface area contributed by atoms with E-state index in [1.54, 1.807) is 12.1 Å². The molecule has 0 aliphatic rings. The van der Waals surface area contributed by atoms with E-state index in [1.165, 1.54) is 0 Å². The smallest absolute Gasteiger partial charge is 0.271 e. The van der Waals surface area contributed by atoms with Crippen molar-refractivity contribution in [3.05, 3.63) is 33.9 Å². The van der Waals surface area contributed by atoms with Crippen LogP contribution in [0.4, 0.5) is 11.4 Å². The summed E-state index contributed by atoms with van der Waals surface area (Å²) in [5, 5.41) is 13.9. The summed E-state index contributed by atoms with van der Waals surface area (Å²) in [5.74, 6) is 0. The second-order valence-electron chi connectivity index (χ2n) is 4.21. The lowest BCUT2D eigenvalue weighted by molar-refractivity contribution is -0.384. The van der Waals surface area contributed by atoms with Crippen molar-refractivity contribution >= 4 is 11.4 Å². The minimum Gasteiger partial charge on any atom is -0.385 e. The van der Waals surface area contributed by atoms with E-state index in [0.29, 0.717) is 0 Å². The molecule has 0 heterocycles. The molecule has 0 saturated heterocycles. The Balaban J connectivity index is 2.40. The zero-order chi connectivity index (χ0) is 13.4. The van der Waals surface area contributed by atoms with E-state index >= 15 is 0 Å². The molecule has 0 atom stereocenters. The van der Waals surface area contributed by atoms with Gasteiger partial charge in [0.25, 0.3) is 5.69 Å². The Kier molecular flexibility index (Phi) is 6.14. The molecule has 0 aliphatic carbocycles. The van der Waals surface area contributed by atoms with Gasteiger partial charge in [0.2, 0.25) is 0 Å². The van der Waals surface area contributed by atoms with Gasteiger partial charge in [-0.15, -0.1) is 0 Å². The van der Waals surface area contributed by atoms with Crippen LogP contribution in [0.15, 0.2) is 18.2 Å². The molecule has 0 fully saturated rings. The summed E-state index contributed by atoms with van der Waals surface area (Å²) >= 11 is 0. The molecule has 0 unspecified atom stereocenters. The molecule has 5 heteroatoms. The molecule has 0 amide bonds. The highest BCUT2D eigenvalue weighted by atomic mass is 16.6. The zero-order valence-corrected chi connectivity index (χ0v) is 10.9. The molecule has 1 rings (SSSR count). The maximum absolute atomic E-state index is 10.7. The normalized spacial score (nSPS) is 10.3. The van der Waals surface area contributed by atoms with Crippen molar-refractivity contribution < 1.29 is 9.66 Å². The number of hydrogen-bond acceptors (Lipinski definition) is 4. The number of rotatable bonds is 8. The summed E-state index contributed by atoms with van der Waals surface area (Å²) in [6.45, 7) is 6.18. The van der Waals surface area contributed by atoms with Crippen molar-refractivity contribution in [2.24, 2.45) is 0 Å². The average Bonchev–Trinajstić information content (AvgIpc) is 2.33. The standard InChI is InChI=1S/C13H20N2O3/c1-3-6-18-7-4-5-14-12-8-11(2)9-13(10-12)15(16)17/h8-10,14H,3-7H2,1-2H3. The Hall–Kier alpha value is -1.62. The number of non-ortho nitro benzene ring substituents is 1. The summed E-state index contributed by atoms with van der Waals surface area (Å²) < 4.78 is 5.36. The number of hydrogen-bond donors (Lipinski definition) is 1. The van der Waals surface area contributed by atoms with E-state index in [1.807, 2.05) is 13.0 Å². The molecule has 0 spiro atoms. The van der Waals surface area contributed by atoms with Crippen LogP contribution < -0.4 is 5.32 Å². The number of nitrogens with zero attached hydrogens (tertiary/aromatic N) is 1. The first-order valence-corrected chi connectivity index (χ1v) is 6.21. The van der Waals surface area contributed by atoms with Gasteiger partial charge in [-0.05, 0) is 31.4 Å². The van der Waals surface area contributed by atoms with Gasteiger partial charge in [0, 0.05) is 37.6 Å². The first-order valence-electron chi connectivity index (χ1n) is 6.21. The predicted octanol–water partition coefficient (Wildman–Crippen LogP) is 3.13. The van der Waals surface area contributed by atoms with E-state index in [4.69, 9.17) is 4.74 Å². The maximum Gasteiger partial charge on any atom is 0.271 e. The van der Waals surface area contributed by atoms with Gasteiger partial charge < -0.3 is 10.1 Å². The molecule has 0 saturated carbocycles. The number of anilines is 1. The van der Waals surface area contributed by atoms with Gasteiger partial charge in [0.05, 0.1) is 4.92 Å². The fourth-order valence-corrected chi connectivity index (χ4v) is 1.62. The summed E-state index contributed by atoms with van der Waals surface area (Å²) in [6.07, 6.45) is 1.92. The highest BCUT2D eigenvalue weighted by Gasteiger charge is 2.07. The fraction of sp³-hybridized carbons (Fsp3) is 0.538. The van der Waals surface area contributed by atoms with Gasteiger partial charge in [-0.3, -0.25) is 10.1 Å². The van der Waals surface area contributed by atoms with Gasteiger partial charge in [0.1, 0.15) is 0 Å². The topological polar surface area (TPSA) is 64.4 Å². The second kappa shape index (κ2) is 7.66. The molecule has 5 nitrogen and oxygen atoms in total. The maximum atomic E-state index is 10.7. The molecule has 0 radical (unpaired) electrons. The zero-order valence-electron chi connectivity index (χ0n) is 10.9. The molecule has 100 valence electrons. The monoisotopic (exact) mass is 252 g/mol. The molecule has 0 bridgehead atoms. The fourth-order valence-electron chi connectivity index (χ4n) is 1.62. The first kappa shape index (κ1) is 14.4. The Bertz CT molecular complexity index is 394. The van der Waals surface area contributed by atoms with E-state index in [2.05, 4.69) is 12.2 Å². The van der Waals surface area contributed by atoms with Crippen LogP contribution in [0.1, 0.15) is 25.3 Å². The third-order valence-corrected chi connectivity index (χ3v) is 2.42. The van der Waals surface area contributed by atoms with Gasteiger partial charge in [-0.2, -0.15) is 0 Å². The molecule has 18 heavy (non-hydrogen) atoms. The highest BCUT2D eigenvalue weighted by molar-refractivity contribution is 5.53. The number of ether oxygens (including phenoxy) is 1. The lowest BCUT2D eigenvalue weighted by Gasteiger charge is -2.07. The predicted molar refractivity (Wildman–Crippen MR) is 72.1 cm³/mol.